The van der Waals surface area contributed by atoms with E-state index in [1.54, 1.807) is 0 Å². The lowest BCUT2D eigenvalue weighted by Gasteiger charge is -2.18. The molecule has 618 valence electrons. The normalized spacial score (nSPS) is 13.4. The predicted molar refractivity (Wildman–Crippen MR) is 549 cm³/mol. The minimum absolute atomic E-state index is 0.317. The lowest BCUT2D eigenvalue weighted by Crippen LogP contribution is -1.99. The maximum Gasteiger partial charge on any atom is 0.0998 e. The average molecular weight is 1670 g/mol. The van der Waals surface area contributed by atoms with Gasteiger partial charge in [-0.3, -0.25) is 0 Å². The Hall–Kier alpha value is -15.4. The molecule has 6 aromatic heterocycles. The third kappa shape index (κ3) is 11.9. The summed E-state index contributed by atoms with van der Waals surface area (Å²) >= 11 is 0. The first kappa shape index (κ1) is 77.0. The number of nitriles is 3. The summed E-state index contributed by atoms with van der Waals surface area (Å²) in [6, 6.07) is 124. The van der Waals surface area contributed by atoms with E-state index in [1.165, 1.54) is 218 Å². The van der Waals surface area contributed by atoms with Crippen molar-refractivity contribution in [2.75, 3.05) is 0 Å². The number of benzene rings is 19. The van der Waals surface area contributed by atoms with Gasteiger partial charge in [-0.15, -0.1) is 0 Å². The first-order chi connectivity index (χ1) is 63.4. The van der Waals surface area contributed by atoms with Crippen molar-refractivity contribution < 1.29 is 0 Å². The second-order valence-corrected chi connectivity index (χ2v) is 38.7. The number of fused-ring (bicyclic) bond motifs is 24. The molecule has 0 aliphatic heterocycles. The SMILES string of the molecule is Cc1cc(C#N)ccc1-c1cc2c3cc4cc(C(C)C)ccc4cc3n3c4cc5ccc(C(C)CCC(C)c6ccc7cc8c(cc7c6)c6cc(-c7cc(C#N)ccc7-c7ccccc7)cc7c9cc%10cc(C(C)CCC(C)c%11ccc%12cc%13c(cc%12c%11)c%11cc(-c%12ccccc%12C#N)cc%12c%14cc%15cc(C(C)C)ccc%15cc%14n%13c%12%11)ccc%10cc9n8c67)cc5cc4c(c1)c23. The molecule has 0 bridgehead atoms. The van der Waals surface area contributed by atoms with Crippen LogP contribution in [0.25, 0.3) is 223 Å². The van der Waals surface area contributed by atoms with Crippen molar-refractivity contribution in [3.63, 3.8) is 0 Å². The highest BCUT2D eigenvalue weighted by atomic mass is 14.9. The summed E-state index contributed by atoms with van der Waals surface area (Å²) in [7, 11) is 0. The third-order valence-corrected chi connectivity index (χ3v) is 30.3. The fourth-order valence-electron chi connectivity index (χ4n) is 22.9. The molecule has 19 aromatic carbocycles. The smallest absolute Gasteiger partial charge is 0.0998 e. The van der Waals surface area contributed by atoms with Gasteiger partial charge in [0.15, 0.2) is 0 Å². The van der Waals surface area contributed by atoms with Crippen LogP contribution in [0.1, 0.15) is 172 Å². The van der Waals surface area contributed by atoms with Crippen molar-refractivity contribution in [1.82, 2.24) is 13.2 Å². The fraction of sp³-hybridized carbons (Fsp3) is 0.153. The average Bonchev–Trinajstić information content (AvgIpc) is 1.54. The molecule has 25 rings (SSSR count). The number of rotatable bonds is 16. The summed E-state index contributed by atoms with van der Waals surface area (Å²) in [5.74, 6) is 2.16. The number of aryl methyl sites for hydroxylation is 1. The van der Waals surface area contributed by atoms with Crippen LogP contribution in [0.4, 0.5) is 0 Å². The molecule has 130 heavy (non-hydrogen) atoms. The molecule has 4 unspecified atom stereocenters. The second kappa shape index (κ2) is 29.1. The Morgan fingerprint density at radius 2 is 0.515 bits per heavy atom. The van der Waals surface area contributed by atoms with Gasteiger partial charge < -0.3 is 13.2 Å². The maximum atomic E-state index is 10.6. The van der Waals surface area contributed by atoms with Crippen molar-refractivity contribution in [3.05, 3.63) is 365 Å². The first-order valence-electron chi connectivity index (χ1n) is 46.5. The highest BCUT2D eigenvalue weighted by Gasteiger charge is 2.28. The number of aromatic nitrogens is 3. The first-order valence-corrected chi connectivity index (χ1v) is 46.5. The van der Waals surface area contributed by atoms with E-state index in [1.807, 2.05) is 36.4 Å². The van der Waals surface area contributed by atoms with Crippen molar-refractivity contribution in [1.29, 1.82) is 15.8 Å². The zero-order chi connectivity index (χ0) is 87.7. The van der Waals surface area contributed by atoms with Crippen LogP contribution in [0, 0.1) is 40.9 Å². The molecule has 4 atom stereocenters. The van der Waals surface area contributed by atoms with E-state index in [-0.39, 0.29) is 0 Å². The van der Waals surface area contributed by atoms with Crippen LogP contribution < -0.4 is 0 Å². The molecule has 0 radical (unpaired) electrons. The van der Waals surface area contributed by atoms with Gasteiger partial charge in [0.1, 0.15) is 0 Å². The predicted octanol–water partition coefficient (Wildman–Crippen LogP) is 34.3. The van der Waals surface area contributed by atoms with Crippen molar-refractivity contribution in [2.24, 2.45) is 0 Å². The summed E-state index contributed by atoms with van der Waals surface area (Å²) < 4.78 is 7.59. The van der Waals surface area contributed by atoms with Gasteiger partial charge in [0.05, 0.1) is 84.5 Å². The minimum Gasteiger partial charge on any atom is -0.308 e. The van der Waals surface area contributed by atoms with Gasteiger partial charge in [-0.1, -0.05) is 225 Å². The zero-order valence-electron chi connectivity index (χ0n) is 74.4. The monoisotopic (exact) mass is 1660 g/mol. The molecule has 6 heteroatoms. The summed E-state index contributed by atoms with van der Waals surface area (Å²) in [5, 5.41) is 60.5. The lowest BCUT2D eigenvalue weighted by atomic mass is 9.87. The zero-order valence-corrected chi connectivity index (χ0v) is 74.4. The Kier molecular flexibility index (Phi) is 17.2. The van der Waals surface area contributed by atoms with Crippen molar-refractivity contribution in [3.8, 4) is 62.7 Å². The van der Waals surface area contributed by atoms with Crippen LogP contribution in [0.15, 0.2) is 309 Å². The third-order valence-electron chi connectivity index (χ3n) is 30.3. The number of hydrogen-bond acceptors (Lipinski definition) is 3. The molecule has 0 amide bonds. The summed E-state index contributed by atoms with van der Waals surface area (Å²) in [5.41, 5.74) is 30.8. The van der Waals surface area contributed by atoms with Gasteiger partial charge in [-0.2, -0.15) is 15.8 Å². The van der Waals surface area contributed by atoms with Crippen molar-refractivity contribution in [2.45, 2.75) is 124 Å². The van der Waals surface area contributed by atoms with E-state index >= 15 is 0 Å². The number of hydrogen-bond donors (Lipinski definition) is 0. The molecule has 0 aliphatic rings. The van der Waals surface area contributed by atoms with E-state index in [4.69, 9.17) is 0 Å². The van der Waals surface area contributed by atoms with Gasteiger partial charge in [-0.25, -0.2) is 0 Å². The minimum atomic E-state index is 0.317. The Balaban J connectivity index is 0.527. The molecular weight excluding hydrogens is 1570 g/mol. The molecule has 0 aliphatic carbocycles. The number of nitrogens with zero attached hydrogens (tertiary/aromatic N) is 6. The van der Waals surface area contributed by atoms with Crippen molar-refractivity contribution >= 4 is 179 Å². The Bertz CT molecular complexity index is 9270. The maximum absolute atomic E-state index is 10.6. The Morgan fingerprint density at radius 1 is 0.223 bits per heavy atom. The standard InChI is InChI=1S/C124H92N6/c1-68(2)78-25-31-84-59-116-104(47-91(84)41-78)110-53-97(100-37-23-75(65-125)39-74(100)9)54-111-106-49-93-43-80(27-33-86(93)61-118(106)128(116)122(110)111)70(5)19-21-72(7)82-29-35-88-63-120-108(51-95(88)45-82)114-57-99(103-40-76(66-126)24-38-102(103)77-15-11-10-12-16-77)58-115-109-52-96-46-83(30-36-89(96)64-121(109)130(120)124(114)115)73(8)22-20-71(6)81-28-34-87-62-119-107(50-94(87)44-81)113-56-98(101-18-14-13-17-90(101)67-127)55-112-105-48-92-42-79(69(3)4)26-32-85(92)60-117(105)129(119)123(112)113/h10-18,23-64,68-73H,19-22H2,1-9H3. The summed E-state index contributed by atoms with van der Waals surface area (Å²) in [6.07, 6.45) is 4.16. The molecular formula is C124H92N6. The lowest BCUT2D eigenvalue weighted by molar-refractivity contribution is 0.574. The Labute approximate surface area is 753 Å². The summed E-state index contributed by atoms with van der Waals surface area (Å²) in [4.78, 5) is 0. The summed E-state index contributed by atoms with van der Waals surface area (Å²) in [6.45, 7) is 20.8. The van der Waals surface area contributed by atoms with Crippen LogP contribution in [0.3, 0.4) is 0 Å². The fourth-order valence-corrected chi connectivity index (χ4v) is 22.9. The molecule has 0 saturated heterocycles. The van der Waals surface area contributed by atoms with Crippen LogP contribution in [0.5, 0.6) is 0 Å². The van der Waals surface area contributed by atoms with Gasteiger partial charge in [0, 0.05) is 64.6 Å². The van der Waals surface area contributed by atoms with Crippen LogP contribution >= 0.6 is 0 Å². The molecule has 0 spiro atoms. The topological polar surface area (TPSA) is 84.6 Å². The van der Waals surface area contributed by atoms with E-state index in [2.05, 4.69) is 367 Å². The second-order valence-electron chi connectivity index (χ2n) is 38.7. The molecule has 0 fully saturated rings. The molecule has 0 N–H and O–H groups in total. The van der Waals surface area contributed by atoms with E-state index in [9.17, 15) is 15.8 Å². The van der Waals surface area contributed by atoms with Crippen LogP contribution in [-0.2, 0) is 0 Å². The molecule has 6 nitrogen and oxygen atoms in total. The van der Waals surface area contributed by atoms with Gasteiger partial charge in [-0.05, 0) is 356 Å². The van der Waals surface area contributed by atoms with E-state index in [0.717, 1.165) is 70.2 Å². The molecule has 0 saturated carbocycles. The van der Waals surface area contributed by atoms with Gasteiger partial charge in [0.2, 0.25) is 0 Å². The van der Waals surface area contributed by atoms with Gasteiger partial charge >= 0.3 is 0 Å². The van der Waals surface area contributed by atoms with E-state index < -0.39 is 0 Å². The van der Waals surface area contributed by atoms with E-state index in [0.29, 0.717) is 52.2 Å². The highest BCUT2D eigenvalue weighted by molar-refractivity contribution is 6.31. The Morgan fingerprint density at radius 3 is 0.838 bits per heavy atom. The quantitative estimate of drug-likeness (QED) is 0.0966. The van der Waals surface area contributed by atoms with Crippen LogP contribution in [-0.4, -0.2) is 13.2 Å². The van der Waals surface area contributed by atoms with Gasteiger partial charge in [0.25, 0.3) is 0 Å². The molecule has 25 aromatic rings. The largest absolute Gasteiger partial charge is 0.308 e. The van der Waals surface area contributed by atoms with Crippen LogP contribution in [0.2, 0.25) is 0 Å². The molecule has 6 heterocycles. The highest BCUT2D eigenvalue weighted by Crippen LogP contribution is 2.51.